The van der Waals surface area contributed by atoms with Crippen molar-refractivity contribution in [3.05, 3.63) is 29.3 Å². The first-order chi connectivity index (χ1) is 7.59. The molecule has 84 valence electrons. The van der Waals surface area contributed by atoms with Gasteiger partial charge in [-0.1, -0.05) is 6.07 Å². The van der Waals surface area contributed by atoms with Gasteiger partial charge in [0.25, 0.3) is 0 Å². The molecule has 1 aliphatic heterocycles. The van der Waals surface area contributed by atoms with Gasteiger partial charge in [-0.2, -0.15) is 0 Å². The number of rotatable bonds is 2. The second kappa shape index (κ2) is 3.63. The summed E-state index contributed by atoms with van der Waals surface area (Å²) in [6.07, 6.45) is 1.00. The summed E-state index contributed by atoms with van der Waals surface area (Å²) in [5.41, 5.74) is 0.119. The smallest absolute Gasteiger partial charge is 0.339 e. The van der Waals surface area contributed by atoms with Crippen LogP contribution in [0.15, 0.2) is 18.2 Å². The molecule has 1 heterocycles. The Morgan fingerprint density at radius 1 is 1.50 bits per heavy atom. The van der Waals surface area contributed by atoms with Crippen LogP contribution in [-0.2, 0) is 16.0 Å². The van der Waals surface area contributed by atoms with E-state index in [2.05, 4.69) is 0 Å². The van der Waals surface area contributed by atoms with Crippen molar-refractivity contribution >= 4 is 12.3 Å². The number of methoxy groups -OCH3 is 1. The van der Waals surface area contributed by atoms with E-state index in [-0.39, 0.29) is 0 Å². The van der Waals surface area contributed by atoms with Gasteiger partial charge in [-0.3, -0.25) is 4.79 Å². The fourth-order valence-electron chi connectivity index (χ4n) is 1.85. The van der Waals surface area contributed by atoms with Crippen molar-refractivity contribution in [3.63, 3.8) is 0 Å². The largest absolute Gasteiger partial charge is 0.496 e. The quantitative estimate of drug-likeness (QED) is 0.558. The van der Waals surface area contributed by atoms with E-state index in [1.807, 2.05) is 0 Å². The zero-order chi connectivity index (χ0) is 11.8. The van der Waals surface area contributed by atoms with Crippen LogP contribution in [0.3, 0.4) is 0 Å². The second-order valence-electron chi connectivity index (χ2n) is 3.98. The molecule has 1 aromatic carbocycles. The van der Waals surface area contributed by atoms with Gasteiger partial charge in [0.1, 0.15) is 5.75 Å². The van der Waals surface area contributed by atoms with Gasteiger partial charge in [0.15, 0.2) is 11.9 Å². The van der Waals surface area contributed by atoms with Gasteiger partial charge in [-0.15, -0.1) is 0 Å². The minimum absolute atomic E-state index is 0.349. The summed E-state index contributed by atoms with van der Waals surface area (Å²) in [4.78, 5) is 22.6. The third-order valence-corrected chi connectivity index (χ3v) is 2.68. The zero-order valence-electron chi connectivity index (χ0n) is 9.15. The van der Waals surface area contributed by atoms with Gasteiger partial charge in [-0.05, 0) is 19.1 Å². The van der Waals surface area contributed by atoms with Crippen LogP contribution < -0.4 is 4.74 Å². The van der Waals surface area contributed by atoms with Gasteiger partial charge in [0.2, 0.25) is 0 Å². The van der Waals surface area contributed by atoms with Crippen molar-refractivity contribution in [2.45, 2.75) is 18.9 Å². The van der Waals surface area contributed by atoms with Crippen molar-refractivity contribution in [2.24, 2.45) is 0 Å². The molecule has 2 rings (SSSR count). The average Bonchev–Trinajstić information content (AvgIpc) is 2.28. The minimum atomic E-state index is -1.08. The molecule has 1 atom stereocenters. The Morgan fingerprint density at radius 2 is 2.25 bits per heavy atom. The number of carbonyl (C=O) groups excluding carboxylic acids is 2. The molecule has 1 aliphatic rings. The summed E-state index contributed by atoms with van der Waals surface area (Å²) in [6.45, 7) is 1.59. The molecule has 0 fully saturated rings. The molecule has 16 heavy (non-hydrogen) atoms. The summed E-state index contributed by atoms with van der Waals surface area (Å²) in [5, 5.41) is 0. The van der Waals surface area contributed by atoms with Gasteiger partial charge in [-0.25, -0.2) is 4.79 Å². The normalized spacial score (nSPS) is 23.2. The highest BCUT2D eigenvalue weighted by atomic mass is 16.6. The Morgan fingerprint density at radius 3 is 2.88 bits per heavy atom. The Kier molecular flexibility index (Phi) is 2.42. The van der Waals surface area contributed by atoms with Gasteiger partial charge in [0.05, 0.1) is 12.7 Å². The summed E-state index contributed by atoms with van der Waals surface area (Å²) < 4.78 is 10.3. The monoisotopic (exact) mass is 220 g/mol. The Bertz CT molecular complexity index is 452. The Balaban J connectivity index is 2.55. The zero-order valence-corrected chi connectivity index (χ0v) is 9.15. The highest BCUT2D eigenvalue weighted by Crippen LogP contribution is 2.32. The standard InChI is InChI=1S/C12H12O4/c1-12(7-13)6-9-8(11(14)16-12)4-3-5-10(9)15-2/h3-5,7H,6H2,1-2H3. The molecule has 0 bridgehead atoms. The van der Waals surface area contributed by atoms with Crippen LogP contribution in [0, 0.1) is 0 Å². The van der Waals surface area contributed by atoms with Gasteiger partial charge >= 0.3 is 5.97 Å². The molecule has 0 aromatic heterocycles. The summed E-state index contributed by atoms with van der Waals surface area (Å²) in [7, 11) is 1.54. The predicted octanol–water partition coefficient (Wildman–Crippen LogP) is 1.37. The van der Waals surface area contributed by atoms with Crippen molar-refractivity contribution in [3.8, 4) is 5.75 Å². The van der Waals surface area contributed by atoms with Crippen LogP contribution in [0.2, 0.25) is 0 Å². The number of hydrogen-bond donors (Lipinski definition) is 0. The highest BCUT2D eigenvalue weighted by Gasteiger charge is 2.37. The average molecular weight is 220 g/mol. The lowest BCUT2D eigenvalue weighted by Gasteiger charge is -2.30. The lowest BCUT2D eigenvalue weighted by molar-refractivity contribution is -0.124. The third-order valence-electron chi connectivity index (χ3n) is 2.68. The van der Waals surface area contributed by atoms with Crippen LogP contribution in [0.4, 0.5) is 0 Å². The number of fused-ring (bicyclic) bond motifs is 1. The molecule has 0 amide bonds. The van der Waals surface area contributed by atoms with Crippen molar-refractivity contribution in [2.75, 3.05) is 7.11 Å². The fourth-order valence-corrected chi connectivity index (χ4v) is 1.85. The molecule has 0 spiro atoms. The minimum Gasteiger partial charge on any atom is -0.496 e. The van der Waals surface area contributed by atoms with Crippen LogP contribution in [0.1, 0.15) is 22.8 Å². The first kappa shape index (κ1) is 10.7. The number of cyclic esters (lactones) is 1. The lowest BCUT2D eigenvalue weighted by Crippen LogP contribution is -2.40. The van der Waals surface area contributed by atoms with Gasteiger partial charge < -0.3 is 9.47 Å². The van der Waals surface area contributed by atoms with Crippen LogP contribution in [0.25, 0.3) is 0 Å². The van der Waals surface area contributed by atoms with Crippen LogP contribution >= 0.6 is 0 Å². The first-order valence-electron chi connectivity index (χ1n) is 4.95. The number of aldehydes is 1. The highest BCUT2D eigenvalue weighted by molar-refractivity contribution is 5.95. The summed E-state index contributed by atoms with van der Waals surface area (Å²) in [6, 6.07) is 5.16. The van der Waals surface area contributed by atoms with E-state index in [1.54, 1.807) is 25.1 Å². The molecule has 0 saturated heterocycles. The van der Waals surface area contributed by atoms with Crippen molar-refractivity contribution in [1.29, 1.82) is 0 Å². The Hall–Kier alpha value is -1.84. The molecule has 1 aromatic rings. The number of ether oxygens (including phenoxy) is 2. The van der Waals surface area contributed by atoms with E-state index in [0.717, 1.165) is 5.56 Å². The summed E-state index contributed by atoms with van der Waals surface area (Å²) in [5.74, 6) is 0.136. The second-order valence-corrected chi connectivity index (χ2v) is 3.98. The topological polar surface area (TPSA) is 52.6 Å². The molecule has 4 nitrogen and oxygen atoms in total. The SMILES string of the molecule is COc1cccc2c1CC(C)(C=O)OC2=O. The van der Waals surface area contributed by atoms with E-state index in [1.165, 1.54) is 7.11 Å². The molecule has 0 radical (unpaired) electrons. The molecule has 0 aliphatic carbocycles. The third kappa shape index (κ3) is 1.56. The molecule has 0 N–H and O–H groups in total. The molecular formula is C12H12O4. The maximum atomic E-state index is 11.7. The fraction of sp³-hybridized carbons (Fsp3) is 0.333. The van der Waals surface area contributed by atoms with Crippen molar-refractivity contribution in [1.82, 2.24) is 0 Å². The van der Waals surface area contributed by atoms with Crippen molar-refractivity contribution < 1.29 is 19.1 Å². The molecule has 1 unspecified atom stereocenters. The van der Waals surface area contributed by atoms with Gasteiger partial charge in [0, 0.05) is 12.0 Å². The first-order valence-corrected chi connectivity index (χ1v) is 4.95. The van der Waals surface area contributed by atoms with E-state index < -0.39 is 11.6 Å². The van der Waals surface area contributed by atoms with Crippen LogP contribution in [0.5, 0.6) is 5.75 Å². The lowest BCUT2D eigenvalue weighted by atomic mass is 9.90. The number of benzene rings is 1. The Labute approximate surface area is 93.2 Å². The maximum absolute atomic E-state index is 11.7. The molecular weight excluding hydrogens is 208 g/mol. The number of hydrogen-bond acceptors (Lipinski definition) is 4. The number of esters is 1. The summed E-state index contributed by atoms with van der Waals surface area (Å²) >= 11 is 0. The molecule has 4 heteroatoms. The van der Waals surface area contributed by atoms with E-state index in [4.69, 9.17) is 9.47 Å². The molecule has 0 saturated carbocycles. The van der Waals surface area contributed by atoms with Crippen LogP contribution in [-0.4, -0.2) is 25.0 Å². The van der Waals surface area contributed by atoms with E-state index in [9.17, 15) is 9.59 Å². The van der Waals surface area contributed by atoms with E-state index >= 15 is 0 Å². The van der Waals surface area contributed by atoms with E-state index in [0.29, 0.717) is 24.0 Å². The predicted molar refractivity (Wildman–Crippen MR) is 56.6 cm³/mol. The maximum Gasteiger partial charge on any atom is 0.339 e. The number of carbonyl (C=O) groups is 2.